The smallest absolute Gasteiger partial charge is 0.246 e. The van der Waals surface area contributed by atoms with Crippen LogP contribution in [-0.2, 0) is 11.8 Å². The molecule has 2 fully saturated rings. The van der Waals surface area contributed by atoms with Crippen LogP contribution in [0.3, 0.4) is 0 Å². The Bertz CT molecular complexity index is 1740. The summed E-state index contributed by atoms with van der Waals surface area (Å²) in [6, 6.07) is 15.3. The first-order chi connectivity index (χ1) is 20.9. The lowest BCUT2D eigenvalue weighted by molar-refractivity contribution is -0.132. The number of fused-ring (bicyclic) bond motifs is 1. The molecule has 3 N–H and O–H groups in total. The van der Waals surface area contributed by atoms with Gasteiger partial charge in [0, 0.05) is 50.7 Å². The fourth-order valence-corrected chi connectivity index (χ4v) is 5.95. The number of anilines is 1. The van der Waals surface area contributed by atoms with Crippen molar-refractivity contribution in [2.75, 3.05) is 39.0 Å². The van der Waals surface area contributed by atoms with Crippen LogP contribution in [0.5, 0.6) is 17.2 Å². The van der Waals surface area contributed by atoms with E-state index in [4.69, 9.17) is 15.2 Å². The number of aliphatic hydroxyl groups excluding tert-OH is 1. The summed E-state index contributed by atoms with van der Waals surface area (Å²) < 4.78 is 13.7. The summed E-state index contributed by atoms with van der Waals surface area (Å²) in [7, 11) is 3.53. The maximum atomic E-state index is 11.9. The molecule has 43 heavy (non-hydrogen) atoms. The van der Waals surface area contributed by atoms with E-state index in [0.717, 1.165) is 41.7 Å². The summed E-state index contributed by atoms with van der Waals surface area (Å²) in [5, 5.41) is 11.4. The molecule has 4 aromatic rings. The molecule has 2 aromatic heterocycles. The lowest BCUT2D eigenvalue weighted by Gasteiger charge is -2.47. The average Bonchev–Trinajstić information content (AvgIpc) is 3.29. The molecule has 0 spiro atoms. The predicted octanol–water partition coefficient (Wildman–Crippen LogP) is 3.45. The molecule has 0 unspecified atom stereocenters. The van der Waals surface area contributed by atoms with Gasteiger partial charge < -0.3 is 29.8 Å². The van der Waals surface area contributed by atoms with Crippen LogP contribution in [0, 0.1) is 17.8 Å². The Morgan fingerprint density at radius 3 is 2.65 bits per heavy atom. The number of carbonyl (C=O) groups is 1. The number of benzene rings is 2. The van der Waals surface area contributed by atoms with Gasteiger partial charge in [0.1, 0.15) is 29.2 Å². The van der Waals surface area contributed by atoms with E-state index in [1.54, 1.807) is 12.0 Å². The fourth-order valence-electron chi connectivity index (χ4n) is 5.95. The van der Waals surface area contributed by atoms with E-state index in [0.29, 0.717) is 41.8 Å². The molecule has 0 saturated carbocycles. The zero-order valence-corrected chi connectivity index (χ0v) is 24.2. The molecule has 0 aliphatic carbocycles. The molecular weight excluding hydrogens is 544 g/mol. The van der Waals surface area contributed by atoms with Crippen molar-refractivity contribution in [1.82, 2.24) is 24.3 Å². The van der Waals surface area contributed by atoms with Gasteiger partial charge in [0.15, 0.2) is 11.5 Å². The number of carbonyl (C=O) groups excluding carboxylic acids is 1. The van der Waals surface area contributed by atoms with Crippen LogP contribution in [0.4, 0.5) is 5.82 Å². The van der Waals surface area contributed by atoms with Crippen LogP contribution in [0.15, 0.2) is 67.5 Å². The minimum atomic E-state index is -0.596. The summed E-state index contributed by atoms with van der Waals surface area (Å²) in [6.45, 7) is 5.99. The molecule has 0 radical (unpaired) electrons. The molecule has 6 rings (SSSR count). The lowest BCUT2D eigenvalue weighted by atomic mass is 9.91. The van der Waals surface area contributed by atoms with E-state index in [1.165, 1.54) is 12.4 Å². The number of nitrogen functional groups attached to an aromatic ring is 1. The largest absolute Gasteiger partial charge is 0.493 e. The number of aromatic nitrogens is 3. The summed E-state index contributed by atoms with van der Waals surface area (Å²) in [5.41, 5.74) is 9.54. The molecule has 1 amide bonds. The molecule has 2 aromatic carbocycles. The van der Waals surface area contributed by atoms with E-state index >= 15 is 0 Å². The number of ether oxygens (including phenoxy) is 2. The number of rotatable bonds is 6. The topological polar surface area (TPSA) is 119 Å². The monoisotopic (exact) mass is 578 g/mol. The molecule has 0 bridgehead atoms. The van der Waals surface area contributed by atoms with Crippen LogP contribution >= 0.6 is 0 Å². The van der Waals surface area contributed by atoms with Crippen molar-refractivity contribution in [3.05, 3.63) is 73.2 Å². The highest BCUT2D eigenvalue weighted by Crippen LogP contribution is 2.41. The van der Waals surface area contributed by atoms with Gasteiger partial charge in [-0.05, 0) is 48.2 Å². The van der Waals surface area contributed by atoms with Crippen LogP contribution < -0.4 is 15.2 Å². The van der Waals surface area contributed by atoms with E-state index in [-0.39, 0.29) is 17.9 Å². The van der Waals surface area contributed by atoms with Crippen LogP contribution in [0.2, 0.25) is 0 Å². The Hall–Kier alpha value is -4.85. The zero-order valence-electron chi connectivity index (χ0n) is 24.2. The van der Waals surface area contributed by atoms with Crippen molar-refractivity contribution in [1.29, 1.82) is 0 Å². The van der Waals surface area contributed by atoms with Gasteiger partial charge in [-0.1, -0.05) is 36.8 Å². The maximum Gasteiger partial charge on any atom is 0.246 e. The average molecular weight is 579 g/mol. The highest BCUT2D eigenvalue weighted by molar-refractivity contribution is 6.03. The van der Waals surface area contributed by atoms with Gasteiger partial charge in [-0.15, -0.1) is 0 Å². The number of piperidine rings is 1. The minimum Gasteiger partial charge on any atom is -0.493 e. The molecule has 2 aliphatic rings. The molecule has 220 valence electrons. The predicted molar refractivity (Wildman–Crippen MR) is 165 cm³/mol. The molecule has 2 saturated heterocycles. The van der Waals surface area contributed by atoms with Gasteiger partial charge >= 0.3 is 0 Å². The highest BCUT2D eigenvalue weighted by atomic mass is 16.5. The van der Waals surface area contributed by atoms with E-state index in [1.807, 2.05) is 60.1 Å². The van der Waals surface area contributed by atoms with Gasteiger partial charge in [-0.25, -0.2) is 9.97 Å². The highest BCUT2D eigenvalue weighted by Gasteiger charge is 2.38. The number of β-amino-alcohol motifs (C(OH)–C–C–N with tert-alkyl or cyclic N) is 1. The van der Waals surface area contributed by atoms with Crippen molar-refractivity contribution in [2.45, 2.75) is 18.6 Å². The Labute approximate surface area is 250 Å². The van der Waals surface area contributed by atoms with Crippen molar-refractivity contribution < 1.29 is 19.4 Å². The number of para-hydroxylation sites is 1. The Balaban J connectivity index is 1.27. The number of amides is 1. The second kappa shape index (κ2) is 11.8. The number of aryl methyl sites for hydroxylation is 1. The third-order valence-corrected chi connectivity index (χ3v) is 8.23. The minimum absolute atomic E-state index is 0.0132. The van der Waals surface area contributed by atoms with Crippen molar-refractivity contribution in [3.8, 4) is 40.2 Å². The van der Waals surface area contributed by atoms with Gasteiger partial charge in [0.25, 0.3) is 0 Å². The van der Waals surface area contributed by atoms with Crippen LogP contribution in [0.25, 0.3) is 22.2 Å². The quantitative estimate of drug-likeness (QED) is 0.264. The molecule has 4 heterocycles. The molecule has 2 aliphatic heterocycles. The number of nitrogens with zero attached hydrogens (tertiary/aromatic N) is 5. The van der Waals surface area contributed by atoms with Crippen LogP contribution in [-0.4, -0.2) is 80.8 Å². The normalized spacial score (nSPS) is 18.9. The van der Waals surface area contributed by atoms with Gasteiger partial charge in [-0.2, -0.15) is 0 Å². The third-order valence-electron chi connectivity index (χ3n) is 8.23. The van der Waals surface area contributed by atoms with Crippen LogP contribution in [0.1, 0.15) is 12.1 Å². The fraction of sp³-hybridized carbons (Fsp3) is 0.303. The number of hydrogen-bond donors (Lipinski definition) is 2. The second-order valence-corrected chi connectivity index (χ2v) is 10.9. The Morgan fingerprint density at radius 1 is 1.14 bits per heavy atom. The first-order valence-corrected chi connectivity index (χ1v) is 14.2. The van der Waals surface area contributed by atoms with E-state index < -0.39 is 6.10 Å². The number of nitrogens with two attached hydrogens (primary N) is 1. The third kappa shape index (κ3) is 5.41. The van der Waals surface area contributed by atoms with E-state index in [9.17, 15) is 9.90 Å². The Kier molecular flexibility index (Phi) is 7.76. The SMILES string of the molecule is C=CC(=O)N1CC[C@H](N2CC(C#Cc3c(-c4ccc(Oc5ccccc5)c(OC)c4)c4c(N)ncnc4n3C)C2)[C@H](O)C1. The van der Waals surface area contributed by atoms with Crippen molar-refractivity contribution in [3.63, 3.8) is 0 Å². The van der Waals surface area contributed by atoms with Gasteiger partial charge in [0.2, 0.25) is 5.91 Å². The number of aliphatic hydroxyl groups is 1. The zero-order chi connectivity index (χ0) is 30.1. The number of hydrogen-bond acceptors (Lipinski definition) is 8. The maximum absolute atomic E-state index is 11.9. The van der Waals surface area contributed by atoms with Crippen molar-refractivity contribution in [2.24, 2.45) is 13.0 Å². The summed E-state index contributed by atoms with van der Waals surface area (Å²) >= 11 is 0. The first-order valence-electron chi connectivity index (χ1n) is 14.2. The molecule has 2 atom stereocenters. The summed E-state index contributed by atoms with van der Waals surface area (Å²) in [6.07, 6.45) is 2.88. The molecule has 10 heteroatoms. The molecular formula is C33H34N6O4. The van der Waals surface area contributed by atoms with E-state index in [2.05, 4.69) is 33.3 Å². The number of likely N-dealkylation sites (tertiary alicyclic amines) is 2. The van der Waals surface area contributed by atoms with Crippen molar-refractivity contribution >= 4 is 22.8 Å². The summed E-state index contributed by atoms with van der Waals surface area (Å²) in [4.78, 5) is 24.6. The lowest BCUT2D eigenvalue weighted by Crippen LogP contribution is -2.61. The first kappa shape index (κ1) is 28.3. The standard InChI is InChI=1S/C33H34N6O4/c1-4-29(41)38-15-14-24(26(40)19-38)39-17-21(18-39)10-12-25-30(31-32(34)35-20-36-33(31)37(25)2)22-11-13-27(28(16-22)42-3)43-23-8-6-5-7-9-23/h4-9,11,13,16,20-21,24,26,40H,1,14-15,17-19H2,2-3H3,(H2,34,35,36)/t24-,26+/m0/s1. The van der Waals surface area contributed by atoms with Gasteiger partial charge in [0.05, 0.1) is 18.6 Å². The molecule has 10 nitrogen and oxygen atoms in total. The van der Waals surface area contributed by atoms with Gasteiger partial charge in [-0.3, -0.25) is 9.69 Å². The second-order valence-electron chi connectivity index (χ2n) is 10.9. The number of methoxy groups -OCH3 is 1. The Morgan fingerprint density at radius 2 is 1.93 bits per heavy atom. The summed E-state index contributed by atoms with van der Waals surface area (Å²) in [5.74, 6) is 9.11.